The van der Waals surface area contributed by atoms with E-state index >= 15 is 0 Å². The van der Waals surface area contributed by atoms with Gasteiger partial charge in [0.2, 0.25) is 0 Å². The Balaban J connectivity index is 2.47. The third-order valence-electron chi connectivity index (χ3n) is 4.85. The van der Waals surface area contributed by atoms with Crippen molar-refractivity contribution in [1.29, 1.82) is 0 Å². The second-order valence-corrected chi connectivity index (χ2v) is 7.26. The molecule has 2 aromatic carbocycles. The molecule has 3 rings (SSSR count). The molecule has 0 spiro atoms. The van der Waals surface area contributed by atoms with Gasteiger partial charge >= 0.3 is 0 Å². The van der Waals surface area contributed by atoms with Gasteiger partial charge in [0.05, 0.1) is 18.9 Å². The molecule has 6 heteroatoms. The van der Waals surface area contributed by atoms with Crippen molar-refractivity contribution in [2.75, 3.05) is 7.11 Å². The predicted molar refractivity (Wildman–Crippen MR) is 111 cm³/mol. The zero-order chi connectivity index (χ0) is 21.3. The predicted octanol–water partition coefficient (Wildman–Crippen LogP) is 4.33. The van der Waals surface area contributed by atoms with Gasteiger partial charge in [0.1, 0.15) is 0 Å². The molecule has 29 heavy (non-hydrogen) atoms. The molecule has 1 unspecified atom stereocenters. The standard InChI is InChI=1S/C23H24FNO4/c1-13(2)29-20(12-26)22-21(15-7-9-19(28-5)18(24)11-15)17-10-14(3)6-8-16(17)23(27)25(22)4/h6-13,20H,1-5H3. The summed E-state index contributed by atoms with van der Waals surface area (Å²) in [5.41, 5.74) is 2.21. The molecule has 0 aliphatic heterocycles. The molecule has 0 bridgehead atoms. The fraction of sp³-hybridized carbons (Fsp3) is 0.304. The van der Waals surface area contributed by atoms with Gasteiger partial charge in [0.15, 0.2) is 24.0 Å². The highest BCUT2D eigenvalue weighted by atomic mass is 19.1. The van der Waals surface area contributed by atoms with Crippen molar-refractivity contribution in [2.24, 2.45) is 7.05 Å². The smallest absolute Gasteiger partial charge is 0.258 e. The van der Waals surface area contributed by atoms with Crippen LogP contribution in [0.15, 0.2) is 41.2 Å². The largest absolute Gasteiger partial charge is 0.494 e. The second kappa shape index (κ2) is 8.17. The van der Waals surface area contributed by atoms with E-state index in [1.807, 2.05) is 32.9 Å². The number of methoxy groups -OCH3 is 1. The normalized spacial score (nSPS) is 12.4. The van der Waals surface area contributed by atoms with E-state index in [0.717, 1.165) is 5.56 Å². The molecule has 1 atom stereocenters. The zero-order valence-corrected chi connectivity index (χ0v) is 17.2. The summed E-state index contributed by atoms with van der Waals surface area (Å²) in [6.07, 6.45) is -0.550. The number of hydrogen-bond acceptors (Lipinski definition) is 4. The maximum absolute atomic E-state index is 14.5. The van der Waals surface area contributed by atoms with Gasteiger partial charge in [-0.2, -0.15) is 0 Å². The number of fused-ring (bicyclic) bond motifs is 1. The fourth-order valence-corrected chi connectivity index (χ4v) is 3.56. The first-order chi connectivity index (χ1) is 13.8. The summed E-state index contributed by atoms with van der Waals surface area (Å²) in [5.74, 6) is -0.413. The molecule has 0 aliphatic rings. The molecule has 5 nitrogen and oxygen atoms in total. The minimum absolute atomic E-state index is 0.117. The van der Waals surface area contributed by atoms with E-state index in [9.17, 15) is 14.0 Å². The molecule has 0 aliphatic carbocycles. The van der Waals surface area contributed by atoms with E-state index in [1.54, 1.807) is 19.2 Å². The summed E-state index contributed by atoms with van der Waals surface area (Å²) < 4.78 is 26.8. The molecule has 0 N–H and O–H groups in total. The first-order valence-electron chi connectivity index (χ1n) is 9.36. The topological polar surface area (TPSA) is 57.5 Å². The summed E-state index contributed by atoms with van der Waals surface area (Å²) in [6, 6.07) is 10.1. The molecule has 1 heterocycles. The lowest BCUT2D eigenvalue weighted by molar-refractivity contribution is -0.121. The zero-order valence-electron chi connectivity index (χ0n) is 17.2. The Morgan fingerprint density at radius 2 is 1.83 bits per heavy atom. The van der Waals surface area contributed by atoms with E-state index in [0.29, 0.717) is 33.9 Å². The van der Waals surface area contributed by atoms with E-state index in [4.69, 9.17) is 9.47 Å². The molecule has 0 amide bonds. The number of aldehydes is 1. The number of aromatic nitrogens is 1. The Kier molecular flexibility index (Phi) is 5.84. The van der Waals surface area contributed by atoms with E-state index < -0.39 is 11.9 Å². The maximum atomic E-state index is 14.5. The van der Waals surface area contributed by atoms with Crippen LogP contribution in [0.4, 0.5) is 4.39 Å². The van der Waals surface area contributed by atoms with Crippen LogP contribution in [-0.4, -0.2) is 24.1 Å². The highest BCUT2D eigenvalue weighted by Crippen LogP contribution is 2.36. The number of aryl methyl sites for hydroxylation is 1. The summed E-state index contributed by atoms with van der Waals surface area (Å²) >= 11 is 0. The van der Waals surface area contributed by atoms with Gasteiger partial charge < -0.3 is 18.8 Å². The van der Waals surface area contributed by atoms with Crippen LogP contribution in [0.3, 0.4) is 0 Å². The quantitative estimate of drug-likeness (QED) is 0.581. The van der Waals surface area contributed by atoms with E-state index in [2.05, 4.69) is 0 Å². The van der Waals surface area contributed by atoms with E-state index in [-0.39, 0.29) is 17.4 Å². The molecule has 0 radical (unpaired) electrons. The molecule has 3 aromatic rings. The van der Waals surface area contributed by atoms with Crippen molar-refractivity contribution < 1.29 is 18.7 Å². The van der Waals surface area contributed by atoms with Gasteiger partial charge in [-0.05, 0) is 49.9 Å². The Morgan fingerprint density at radius 3 is 2.41 bits per heavy atom. The summed E-state index contributed by atoms with van der Waals surface area (Å²) in [6.45, 7) is 5.54. The third kappa shape index (κ3) is 3.80. The summed E-state index contributed by atoms with van der Waals surface area (Å²) in [4.78, 5) is 24.9. The number of pyridine rings is 1. The summed E-state index contributed by atoms with van der Waals surface area (Å²) in [5, 5.41) is 1.13. The monoisotopic (exact) mass is 397 g/mol. The number of halogens is 1. The van der Waals surface area contributed by atoms with Crippen molar-refractivity contribution in [3.63, 3.8) is 0 Å². The van der Waals surface area contributed by atoms with Crippen molar-refractivity contribution >= 4 is 17.1 Å². The molecule has 152 valence electrons. The number of hydrogen-bond donors (Lipinski definition) is 0. The lowest BCUT2D eigenvalue weighted by Crippen LogP contribution is -2.26. The molecular formula is C23H24FNO4. The minimum atomic E-state index is -0.974. The van der Waals surface area contributed by atoms with Crippen LogP contribution in [0.25, 0.3) is 21.9 Å². The number of carbonyl (C=O) groups is 1. The first kappa shape index (κ1) is 20.7. The van der Waals surface area contributed by atoms with Crippen LogP contribution in [-0.2, 0) is 16.6 Å². The molecule has 1 aromatic heterocycles. The molecule has 0 saturated heterocycles. The Bertz CT molecular complexity index is 1130. The highest BCUT2D eigenvalue weighted by Gasteiger charge is 2.25. The molecule has 0 fully saturated rings. The number of nitrogens with zero attached hydrogens (tertiary/aromatic N) is 1. The van der Waals surface area contributed by atoms with Gasteiger partial charge in [0.25, 0.3) is 5.56 Å². The van der Waals surface area contributed by atoms with Gasteiger partial charge in [0, 0.05) is 18.0 Å². The fourth-order valence-electron chi connectivity index (χ4n) is 3.56. The average Bonchev–Trinajstić information content (AvgIpc) is 2.68. The van der Waals surface area contributed by atoms with Crippen LogP contribution in [0.1, 0.15) is 31.2 Å². The lowest BCUT2D eigenvalue weighted by Gasteiger charge is -2.23. The van der Waals surface area contributed by atoms with Crippen LogP contribution in [0, 0.1) is 12.7 Å². The van der Waals surface area contributed by atoms with Gasteiger partial charge in [-0.3, -0.25) is 4.79 Å². The van der Waals surface area contributed by atoms with Crippen molar-refractivity contribution in [3.05, 3.63) is 63.8 Å². The minimum Gasteiger partial charge on any atom is -0.494 e. The van der Waals surface area contributed by atoms with Crippen molar-refractivity contribution in [3.8, 4) is 16.9 Å². The summed E-state index contributed by atoms with van der Waals surface area (Å²) in [7, 11) is 2.99. The van der Waals surface area contributed by atoms with Crippen LogP contribution in [0.2, 0.25) is 0 Å². The average molecular weight is 397 g/mol. The molecule has 0 saturated carbocycles. The van der Waals surface area contributed by atoms with Gasteiger partial charge in [-0.25, -0.2) is 4.39 Å². The van der Waals surface area contributed by atoms with Crippen molar-refractivity contribution in [1.82, 2.24) is 4.57 Å². The number of carbonyl (C=O) groups excluding carboxylic acids is 1. The third-order valence-corrected chi connectivity index (χ3v) is 4.85. The van der Waals surface area contributed by atoms with Gasteiger partial charge in [-0.1, -0.05) is 23.8 Å². The van der Waals surface area contributed by atoms with Crippen LogP contribution in [0.5, 0.6) is 5.75 Å². The van der Waals surface area contributed by atoms with Crippen LogP contribution >= 0.6 is 0 Å². The number of ether oxygens (including phenoxy) is 2. The van der Waals surface area contributed by atoms with Gasteiger partial charge in [-0.15, -0.1) is 0 Å². The number of benzene rings is 2. The maximum Gasteiger partial charge on any atom is 0.258 e. The lowest BCUT2D eigenvalue weighted by atomic mass is 9.93. The second-order valence-electron chi connectivity index (χ2n) is 7.26. The highest BCUT2D eigenvalue weighted by molar-refractivity contribution is 5.98. The number of rotatable bonds is 6. The van der Waals surface area contributed by atoms with Crippen molar-refractivity contribution in [2.45, 2.75) is 33.0 Å². The van der Waals surface area contributed by atoms with E-state index in [1.165, 1.54) is 23.8 Å². The Labute approximate surface area is 168 Å². The molecular weight excluding hydrogens is 373 g/mol. The SMILES string of the molecule is COc1ccc(-c2c(C(C=O)OC(C)C)n(C)c(=O)c3ccc(C)cc23)cc1F. The first-order valence-corrected chi connectivity index (χ1v) is 9.36. The van der Waals surface area contributed by atoms with Crippen LogP contribution < -0.4 is 10.3 Å². The Morgan fingerprint density at radius 1 is 1.10 bits per heavy atom. The Hall–Kier alpha value is -2.99.